The summed E-state index contributed by atoms with van der Waals surface area (Å²) in [6, 6.07) is 0.326. The predicted molar refractivity (Wildman–Crippen MR) is 63.2 cm³/mol. The molecule has 0 saturated carbocycles. The van der Waals surface area contributed by atoms with Crippen molar-refractivity contribution in [2.75, 3.05) is 0 Å². The average Bonchev–Trinajstić information content (AvgIpc) is 2.15. The van der Waals surface area contributed by atoms with Gasteiger partial charge in [-0.2, -0.15) is 0 Å². The molecule has 0 radical (unpaired) electrons. The molecule has 0 rings (SSSR count). The van der Waals surface area contributed by atoms with Crippen LogP contribution in [0.4, 0.5) is 0 Å². The Kier molecular flexibility index (Phi) is 10.3. The zero-order chi connectivity index (χ0) is 11.7. The van der Waals surface area contributed by atoms with E-state index in [4.69, 9.17) is 0 Å². The molecule has 2 unspecified atom stereocenters. The van der Waals surface area contributed by atoms with E-state index in [1.54, 1.807) is 6.92 Å². The monoisotopic (exact) mass is 201 g/mol. The number of carbonyl (C=O) groups excluding carboxylic acids is 1. The Morgan fingerprint density at radius 1 is 1.21 bits per heavy atom. The number of carbonyl (C=O) groups is 1. The zero-order valence-electron chi connectivity index (χ0n) is 10.8. The van der Waals surface area contributed by atoms with Crippen LogP contribution in [0.2, 0.25) is 0 Å². The van der Waals surface area contributed by atoms with Crippen LogP contribution in [0.3, 0.4) is 0 Å². The molecule has 0 bridgehead atoms. The van der Waals surface area contributed by atoms with Gasteiger partial charge < -0.3 is 5.32 Å². The summed E-state index contributed by atoms with van der Waals surface area (Å²) in [5, 5.41) is 2.99. The molecule has 1 N–H and O–H groups in total. The molecule has 2 atom stereocenters. The minimum Gasteiger partial charge on any atom is -0.353 e. The highest BCUT2D eigenvalue weighted by Gasteiger charge is 2.19. The molecule has 0 spiro atoms. The van der Waals surface area contributed by atoms with E-state index >= 15 is 0 Å². The van der Waals surface area contributed by atoms with Crippen LogP contribution in [0.25, 0.3) is 0 Å². The maximum absolute atomic E-state index is 10.9. The Morgan fingerprint density at radius 2 is 1.64 bits per heavy atom. The topological polar surface area (TPSA) is 29.1 Å². The molecule has 0 saturated heterocycles. The molecule has 14 heavy (non-hydrogen) atoms. The van der Waals surface area contributed by atoms with Gasteiger partial charge in [-0.1, -0.05) is 48.0 Å². The van der Waals surface area contributed by atoms with Crippen molar-refractivity contribution in [3.8, 4) is 0 Å². The molecule has 2 nitrogen and oxygen atoms in total. The Hall–Kier alpha value is -0.530. The highest BCUT2D eigenvalue weighted by molar-refractivity contribution is 5.73. The first kappa shape index (κ1) is 15.9. The molecule has 2 heteroatoms. The standard InChI is InChI=1S/C10H21NO.C2H6/c1-6-8(4)10(7(2)3)11-9(5)12;1-2/h7-8,10H,6H2,1-5H3,(H,11,12);1-2H3. The largest absolute Gasteiger partial charge is 0.353 e. The van der Waals surface area contributed by atoms with Gasteiger partial charge >= 0.3 is 0 Å². The fourth-order valence-corrected chi connectivity index (χ4v) is 1.45. The first-order valence-corrected chi connectivity index (χ1v) is 5.76. The third-order valence-corrected chi connectivity index (χ3v) is 2.35. The van der Waals surface area contributed by atoms with Crippen LogP contribution in [0.15, 0.2) is 0 Å². The third-order valence-electron chi connectivity index (χ3n) is 2.35. The van der Waals surface area contributed by atoms with Gasteiger partial charge in [-0.15, -0.1) is 0 Å². The Balaban J connectivity index is 0. The summed E-state index contributed by atoms with van der Waals surface area (Å²) in [6.45, 7) is 14.2. The van der Waals surface area contributed by atoms with Crippen molar-refractivity contribution in [2.45, 2.75) is 60.9 Å². The van der Waals surface area contributed by atoms with Gasteiger partial charge in [0.25, 0.3) is 0 Å². The minimum absolute atomic E-state index is 0.0778. The summed E-state index contributed by atoms with van der Waals surface area (Å²) in [7, 11) is 0. The van der Waals surface area contributed by atoms with Gasteiger partial charge in [-0.3, -0.25) is 4.79 Å². The quantitative estimate of drug-likeness (QED) is 0.743. The Bertz CT molecular complexity index is 143. The van der Waals surface area contributed by atoms with Crippen molar-refractivity contribution < 1.29 is 4.79 Å². The number of nitrogens with one attached hydrogen (secondary N) is 1. The lowest BCUT2D eigenvalue weighted by Crippen LogP contribution is -2.41. The molecule has 1 amide bonds. The third kappa shape index (κ3) is 6.93. The summed E-state index contributed by atoms with van der Waals surface area (Å²) in [6.07, 6.45) is 1.11. The van der Waals surface area contributed by atoms with Gasteiger partial charge in [0.15, 0.2) is 0 Å². The van der Waals surface area contributed by atoms with Crippen LogP contribution in [-0.4, -0.2) is 11.9 Å². The highest BCUT2D eigenvalue weighted by Crippen LogP contribution is 2.15. The fraction of sp³-hybridized carbons (Fsp3) is 0.917. The summed E-state index contributed by atoms with van der Waals surface area (Å²) >= 11 is 0. The lowest BCUT2D eigenvalue weighted by molar-refractivity contribution is -0.120. The minimum atomic E-state index is 0.0778. The molecular weight excluding hydrogens is 174 g/mol. The SMILES string of the molecule is CC.CCC(C)C(NC(C)=O)C(C)C. The van der Waals surface area contributed by atoms with Crippen molar-refractivity contribution in [3.63, 3.8) is 0 Å². The maximum atomic E-state index is 10.9. The molecule has 0 aliphatic heterocycles. The molecule has 0 aliphatic carbocycles. The maximum Gasteiger partial charge on any atom is 0.217 e. The lowest BCUT2D eigenvalue weighted by atomic mass is 9.90. The van der Waals surface area contributed by atoms with E-state index in [9.17, 15) is 4.79 Å². The van der Waals surface area contributed by atoms with Gasteiger partial charge in [0, 0.05) is 13.0 Å². The van der Waals surface area contributed by atoms with E-state index in [0.29, 0.717) is 17.9 Å². The van der Waals surface area contributed by atoms with Crippen molar-refractivity contribution in [1.29, 1.82) is 0 Å². The van der Waals surface area contributed by atoms with E-state index in [-0.39, 0.29) is 5.91 Å². The molecule has 0 fully saturated rings. The van der Waals surface area contributed by atoms with E-state index in [1.165, 1.54) is 0 Å². The normalized spacial score (nSPS) is 14.0. The van der Waals surface area contributed by atoms with Crippen LogP contribution >= 0.6 is 0 Å². The van der Waals surface area contributed by atoms with Crippen molar-refractivity contribution in [1.82, 2.24) is 5.32 Å². The Morgan fingerprint density at radius 3 is 1.86 bits per heavy atom. The second-order valence-corrected chi connectivity index (χ2v) is 3.86. The van der Waals surface area contributed by atoms with Crippen LogP contribution in [-0.2, 0) is 4.79 Å². The number of amides is 1. The molecule has 0 aromatic carbocycles. The lowest BCUT2D eigenvalue weighted by Gasteiger charge is -2.27. The first-order valence-electron chi connectivity index (χ1n) is 5.76. The second-order valence-electron chi connectivity index (χ2n) is 3.86. The molecule has 0 aromatic heterocycles. The van der Waals surface area contributed by atoms with Gasteiger partial charge in [-0.25, -0.2) is 0 Å². The number of rotatable bonds is 4. The fourth-order valence-electron chi connectivity index (χ4n) is 1.45. The van der Waals surface area contributed by atoms with Crippen LogP contribution in [0.5, 0.6) is 0 Å². The summed E-state index contributed by atoms with van der Waals surface area (Å²) in [5.74, 6) is 1.16. The number of hydrogen-bond donors (Lipinski definition) is 1. The second kappa shape index (κ2) is 9.04. The first-order chi connectivity index (χ1) is 6.49. The van der Waals surface area contributed by atoms with Gasteiger partial charge in [0.05, 0.1) is 0 Å². The van der Waals surface area contributed by atoms with Gasteiger partial charge in [-0.05, 0) is 11.8 Å². The smallest absolute Gasteiger partial charge is 0.217 e. The summed E-state index contributed by atoms with van der Waals surface area (Å²) in [5.41, 5.74) is 0. The van der Waals surface area contributed by atoms with Crippen molar-refractivity contribution in [2.24, 2.45) is 11.8 Å². The average molecular weight is 201 g/mol. The van der Waals surface area contributed by atoms with Gasteiger partial charge in [0.2, 0.25) is 5.91 Å². The van der Waals surface area contributed by atoms with E-state index in [0.717, 1.165) is 6.42 Å². The molecule has 86 valence electrons. The van der Waals surface area contributed by atoms with E-state index in [1.807, 2.05) is 13.8 Å². The highest BCUT2D eigenvalue weighted by atomic mass is 16.1. The molecule has 0 heterocycles. The molecular formula is C12H27NO. The van der Waals surface area contributed by atoms with E-state index in [2.05, 4.69) is 33.0 Å². The summed E-state index contributed by atoms with van der Waals surface area (Å²) < 4.78 is 0. The zero-order valence-corrected chi connectivity index (χ0v) is 10.8. The van der Waals surface area contributed by atoms with Gasteiger partial charge in [0.1, 0.15) is 0 Å². The van der Waals surface area contributed by atoms with Crippen LogP contribution < -0.4 is 5.32 Å². The number of hydrogen-bond acceptors (Lipinski definition) is 1. The van der Waals surface area contributed by atoms with E-state index < -0.39 is 0 Å². The molecule has 0 aliphatic rings. The Labute approximate surface area is 89.5 Å². The predicted octanol–water partition coefficient (Wildman–Crippen LogP) is 3.22. The van der Waals surface area contributed by atoms with Crippen molar-refractivity contribution in [3.05, 3.63) is 0 Å². The van der Waals surface area contributed by atoms with Crippen molar-refractivity contribution >= 4 is 5.91 Å². The van der Waals surface area contributed by atoms with Crippen LogP contribution in [0, 0.1) is 11.8 Å². The van der Waals surface area contributed by atoms with Crippen LogP contribution in [0.1, 0.15) is 54.9 Å². The summed E-state index contributed by atoms with van der Waals surface area (Å²) in [4.78, 5) is 10.9. The molecule has 0 aromatic rings.